The van der Waals surface area contributed by atoms with E-state index >= 15 is 0 Å². The van der Waals surface area contributed by atoms with E-state index in [1.165, 1.54) is 21.9 Å². The molecule has 2 saturated heterocycles. The lowest BCUT2D eigenvalue weighted by molar-refractivity contribution is -0.0829. The molecule has 0 amide bonds. The first kappa shape index (κ1) is 10.8. The van der Waals surface area contributed by atoms with Crippen LogP contribution in [0.4, 0.5) is 0 Å². The van der Waals surface area contributed by atoms with Crippen molar-refractivity contribution in [2.75, 3.05) is 0 Å². The quantitative estimate of drug-likeness (QED) is 0.691. The zero-order valence-electron chi connectivity index (χ0n) is 11.9. The summed E-state index contributed by atoms with van der Waals surface area (Å²) < 4.78 is 13.2. The summed E-state index contributed by atoms with van der Waals surface area (Å²) >= 11 is 0. The van der Waals surface area contributed by atoms with Gasteiger partial charge in [-0.2, -0.15) is 0 Å². The Balaban J connectivity index is 1.75. The number of rotatable bonds is 0. The van der Waals surface area contributed by atoms with E-state index in [2.05, 4.69) is 60.7 Å². The number of hydrogen-bond donors (Lipinski definition) is 0. The predicted octanol–water partition coefficient (Wildman–Crippen LogP) is 3.41. The van der Waals surface area contributed by atoms with E-state index in [4.69, 9.17) is 9.47 Å². The minimum absolute atomic E-state index is 0.200. The molecule has 1 aliphatic carbocycles. The van der Waals surface area contributed by atoms with Crippen LogP contribution in [-0.2, 0) is 20.7 Å². The standard InChI is InChI=1S/C20H14O2/c1-3-11-4-2-6-13-16(11)12(5-1)19-9-7-14(21-19)17-15-8-10-20(13,22-15)18(17)19/h1-10,14-15,17-18H/t14-,15+,17?,18?,19-,20+. The third kappa shape index (κ3) is 0.825. The van der Waals surface area contributed by atoms with Crippen molar-refractivity contribution in [3.8, 4) is 0 Å². The average molecular weight is 286 g/mol. The van der Waals surface area contributed by atoms with Crippen molar-refractivity contribution in [3.05, 3.63) is 71.8 Å². The molecule has 2 spiro atoms. The highest BCUT2D eigenvalue weighted by atomic mass is 16.6. The molecule has 22 heavy (non-hydrogen) atoms. The smallest absolute Gasteiger partial charge is 0.119 e. The highest BCUT2D eigenvalue weighted by Gasteiger charge is 2.74. The molecule has 0 aromatic heterocycles. The lowest BCUT2D eigenvalue weighted by atomic mass is 9.57. The largest absolute Gasteiger partial charge is 0.358 e. The second kappa shape index (κ2) is 2.94. The molecule has 2 fully saturated rings. The van der Waals surface area contributed by atoms with E-state index in [-0.39, 0.29) is 23.4 Å². The van der Waals surface area contributed by atoms with Crippen LogP contribution in [0.5, 0.6) is 0 Å². The third-order valence-electron chi connectivity index (χ3n) is 6.54. The molecule has 2 aromatic rings. The molecule has 4 heterocycles. The van der Waals surface area contributed by atoms with Crippen molar-refractivity contribution in [1.29, 1.82) is 0 Å². The maximum absolute atomic E-state index is 6.59. The van der Waals surface area contributed by atoms with Crippen LogP contribution in [0.1, 0.15) is 11.1 Å². The molecule has 4 aliphatic heterocycles. The molecular formula is C20H14O2. The molecule has 0 saturated carbocycles. The van der Waals surface area contributed by atoms with Crippen molar-refractivity contribution in [2.24, 2.45) is 11.8 Å². The Hall–Kier alpha value is -1.90. The highest BCUT2D eigenvalue weighted by molar-refractivity contribution is 5.93. The molecular weight excluding hydrogens is 272 g/mol. The summed E-state index contributed by atoms with van der Waals surface area (Å²) in [6.07, 6.45) is 9.55. The Bertz CT molecular complexity index is 871. The van der Waals surface area contributed by atoms with Gasteiger partial charge in [0.2, 0.25) is 0 Å². The summed E-state index contributed by atoms with van der Waals surface area (Å²) in [5.41, 5.74) is 2.09. The van der Waals surface area contributed by atoms with Gasteiger partial charge >= 0.3 is 0 Å². The Labute approximate surface area is 128 Å². The van der Waals surface area contributed by atoms with E-state index in [9.17, 15) is 0 Å². The topological polar surface area (TPSA) is 18.5 Å². The van der Waals surface area contributed by atoms with Crippen molar-refractivity contribution < 1.29 is 9.47 Å². The fraction of sp³-hybridized carbons (Fsp3) is 0.300. The van der Waals surface area contributed by atoms with Crippen LogP contribution in [0.25, 0.3) is 10.8 Å². The third-order valence-corrected chi connectivity index (χ3v) is 6.54. The lowest BCUT2D eigenvalue weighted by Crippen LogP contribution is -2.47. The molecule has 7 rings (SSSR count). The average Bonchev–Trinajstić information content (AvgIpc) is 3.30. The molecule has 6 atom stereocenters. The van der Waals surface area contributed by atoms with Gasteiger partial charge < -0.3 is 9.47 Å². The van der Waals surface area contributed by atoms with Crippen molar-refractivity contribution >= 4 is 10.8 Å². The van der Waals surface area contributed by atoms with Crippen LogP contribution >= 0.6 is 0 Å². The van der Waals surface area contributed by atoms with E-state index in [0.717, 1.165) is 0 Å². The van der Waals surface area contributed by atoms with E-state index in [0.29, 0.717) is 11.8 Å². The Morgan fingerprint density at radius 2 is 1.36 bits per heavy atom. The molecule has 106 valence electrons. The van der Waals surface area contributed by atoms with Crippen LogP contribution in [0.2, 0.25) is 0 Å². The minimum atomic E-state index is -0.289. The van der Waals surface area contributed by atoms with Gasteiger partial charge in [-0.3, -0.25) is 0 Å². The van der Waals surface area contributed by atoms with Crippen LogP contribution in [0, 0.1) is 11.8 Å². The van der Waals surface area contributed by atoms with Gasteiger partial charge in [-0.1, -0.05) is 48.6 Å². The zero-order valence-corrected chi connectivity index (χ0v) is 11.9. The van der Waals surface area contributed by atoms with Crippen LogP contribution < -0.4 is 0 Å². The summed E-state index contributed by atoms with van der Waals surface area (Å²) in [6.45, 7) is 0. The van der Waals surface area contributed by atoms with Crippen LogP contribution in [0.3, 0.4) is 0 Å². The zero-order chi connectivity index (χ0) is 14.1. The molecule has 5 aliphatic rings. The fourth-order valence-corrected chi connectivity index (χ4v) is 5.94. The van der Waals surface area contributed by atoms with E-state index in [1.807, 2.05) is 0 Å². The summed E-state index contributed by atoms with van der Waals surface area (Å²) in [7, 11) is 0. The monoisotopic (exact) mass is 286 g/mol. The number of ether oxygens (including phenoxy) is 2. The molecule has 0 radical (unpaired) electrons. The minimum Gasteiger partial charge on any atom is -0.358 e. The highest BCUT2D eigenvalue weighted by Crippen LogP contribution is 2.71. The van der Waals surface area contributed by atoms with Gasteiger partial charge in [0, 0.05) is 11.8 Å². The second-order valence-electron chi connectivity index (χ2n) is 7.23. The maximum atomic E-state index is 6.59. The Kier molecular flexibility index (Phi) is 1.44. The van der Waals surface area contributed by atoms with Gasteiger partial charge in [-0.25, -0.2) is 0 Å². The normalized spacial score (nSPS) is 47.6. The van der Waals surface area contributed by atoms with E-state index < -0.39 is 0 Å². The van der Waals surface area contributed by atoms with E-state index in [1.54, 1.807) is 0 Å². The van der Waals surface area contributed by atoms with Gasteiger partial charge in [0.05, 0.1) is 12.2 Å². The molecule has 0 N–H and O–H groups in total. The van der Waals surface area contributed by atoms with Crippen molar-refractivity contribution in [1.82, 2.24) is 0 Å². The molecule has 2 aromatic carbocycles. The van der Waals surface area contributed by atoms with Gasteiger partial charge in [0.15, 0.2) is 0 Å². The number of benzene rings is 2. The van der Waals surface area contributed by atoms with Crippen molar-refractivity contribution in [3.63, 3.8) is 0 Å². The van der Waals surface area contributed by atoms with Gasteiger partial charge in [0.1, 0.15) is 11.2 Å². The first-order chi connectivity index (χ1) is 10.8. The van der Waals surface area contributed by atoms with Gasteiger partial charge in [-0.05, 0) is 34.1 Å². The molecule has 2 heteroatoms. The molecule has 2 nitrogen and oxygen atoms in total. The SMILES string of the molecule is C1=C[C@@]23O[C@@H]1C1C2[C@@]2(C=C[C@H]1O2)c1cccc2cccc3c12. The first-order valence-electron chi connectivity index (χ1n) is 8.11. The summed E-state index contributed by atoms with van der Waals surface area (Å²) in [5, 5.41) is 2.62. The van der Waals surface area contributed by atoms with Crippen LogP contribution in [0.15, 0.2) is 60.7 Å². The summed E-state index contributed by atoms with van der Waals surface area (Å²) in [4.78, 5) is 0. The second-order valence-corrected chi connectivity index (χ2v) is 7.23. The fourth-order valence-electron chi connectivity index (χ4n) is 5.94. The van der Waals surface area contributed by atoms with Crippen LogP contribution in [-0.4, -0.2) is 12.2 Å². The van der Waals surface area contributed by atoms with Gasteiger partial charge in [0.25, 0.3) is 0 Å². The predicted molar refractivity (Wildman–Crippen MR) is 82.3 cm³/mol. The summed E-state index contributed by atoms with van der Waals surface area (Å²) in [5.74, 6) is 0.837. The summed E-state index contributed by atoms with van der Waals surface area (Å²) in [6, 6.07) is 13.2. The number of hydrogen-bond acceptors (Lipinski definition) is 2. The lowest BCUT2D eigenvalue weighted by Gasteiger charge is -2.45. The van der Waals surface area contributed by atoms with Crippen molar-refractivity contribution in [2.45, 2.75) is 23.4 Å². The Morgan fingerprint density at radius 3 is 1.95 bits per heavy atom. The molecule has 2 unspecified atom stereocenters. The number of fused-ring (bicyclic) bond motifs is 4. The Morgan fingerprint density at radius 1 is 0.773 bits per heavy atom. The molecule has 4 bridgehead atoms. The van der Waals surface area contributed by atoms with Gasteiger partial charge in [-0.15, -0.1) is 0 Å². The maximum Gasteiger partial charge on any atom is 0.119 e. The first-order valence-corrected chi connectivity index (χ1v) is 8.11.